The van der Waals surface area contributed by atoms with Crippen LogP contribution in [0.1, 0.15) is 52.4 Å². The van der Waals surface area contributed by atoms with E-state index < -0.39 is 0 Å². The lowest BCUT2D eigenvalue weighted by atomic mass is 9.91. The van der Waals surface area contributed by atoms with Crippen LogP contribution in [0.2, 0.25) is 0 Å². The Kier molecular flexibility index (Phi) is 5.59. The van der Waals surface area contributed by atoms with Crippen molar-refractivity contribution < 1.29 is 24.3 Å². The predicted molar refractivity (Wildman–Crippen MR) is 69.4 cm³/mol. The third-order valence-electron chi connectivity index (χ3n) is 4.08. The highest BCUT2D eigenvalue weighted by atomic mass is 17.5. The Hall–Kier alpha value is -0.200. The molecule has 0 aliphatic carbocycles. The van der Waals surface area contributed by atoms with Gasteiger partial charge in [-0.1, -0.05) is 31.7 Å². The lowest BCUT2D eigenvalue weighted by molar-refractivity contribution is -0.530. The van der Waals surface area contributed by atoms with E-state index in [1.807, 2.05) is 0 Å². The topological polar surface area (TPSA) is 46.2 Å². The maximum Gasteiger partial charge on any atom is 0.114 e. The molecule has 0 amide bonds. The van der Waals surface area contributed by atoms with Crippen LogP contribution in [0.15, 0.2) is 0 Å². The van der Waals surface area contributed by atoms with Crippen LogP contribution in [-0.4, -0.2) is 37.6 Å². The summed E-state index contributed by atoms with van der Waals surface area (Å²) in [6.07, 6.45) is 6.23. The molecule has 2 atom stereocenters. The molecule has 0 radical (unpaired) electrons. The molecule has 5 nitrogen and oxygen atoms in total. The summed E-state index contributed by atoms with van der Waals surface area (Å²) in [6, 6.07) is 0. The molecule has 2 aliphatic rings. The fourth-order valence-electron chi connectivity index (χ4n) is 2.76. The van der Waals surface area contributed by atoms with Gasteiger partial charge in [0.25, 0.3) is 0 Å². The first-order valence-electron chi connectivity index (χ1n) is 7.43. The summed E-state index contributed by atoms with van der Waals surface area (Å²) in [5, 5.41) is 4.83. The van der Waals surface area contributed by atoms with Crippen LogP contribution >= 0.6 is 0 Å². The summed E-state index contributed by atoms with van der Waals surface area (Å²) < 4.78 is 11.2. The van der Waals surface area contributed by atoms with Gasteiger partial charge in [-0.2, -0.15) is 0 Å². The second kappa shape index (κ2) is 6.99. The van der Waals surface area contributed by atoms with Gasteiger partial charge < -0.3 is 9.47 Å². The highest BCUT2D eigenvalue weighted by Gasteiger charge is 2.40. The fourth-order valence-corrected chi connectivity index (χ4v) is 2.76. The van der Waals surface area contributed by atoms with E-state index >= 15 is 0 Å². The summed E-state index contributed by atoms with van der Waals surface area (Å²) in [6.45, 7) is 6.78. The zero-order valence-corrected chi connectivity index (χ0v) is 12.1. The SMILES string of the molecule is CCCC1(COOOCC2(CCC)CCO2)CCO1. The normalized spacial score (nSPS) is 33.8. The molecule has 2 aliphatic heterocycles. The van der Waals surface area contributed by atoms with E-state index in [4.69, 9.17) is 24.3 Å². The summed E-state index contributed by atoms with van der Waals surface area (Å²) in [5.74, 6) is 0. The molecule has 2 saturated heterocycles. The van der Waals surface area contributed by atoms with Gasteiger partial charge in [-0.3, -0.25) is 0 Å². The molecule has 2 rings (SSSR count). The van der Waals surface area contributed by atoms with Crippen molar-refractivity contribution in [1.82, 2.24) is 0 Å². The van der Waals surface area contributed by atoms with E-state index in [0.717, 1.165) is 51.7 Å². The monoisotopic (exact) mass is 274 g/mol. The molecule has 112 valence electrons. The Morgan fingerprint density at radius 3 is 1.53 bits per heavy atom. The molecule has 0 aromatic carbocycles. The molecule has 0 saturated carbocycles. The van der Waals surface area contributed by atoms with E-state index in [2.05, 4.69) is 13.8 Å². The molecule has 0 aromatic rings. The van der Waals surface area contributed by atoms with E-state index in [1.54, 1.807) is 0 Å². The third-order valence-corrected chi connectivity index (χ3v) is 4.08. The van der Waals surface area contributed by atoms with Gasteiger partial charge in [0.2, 0.25) is 0 Å². The zero-order valence-electron chi connectivity index (χ0n) is 12.1. The van der Waals surface area contributed by atoms with E-state index in [-0.39, 0.29) is 11.2 Å². The summed E-state index contributed by atoms with van der Waals surface area (Å²) >= 11 is 0. The highest BCUT2D eigenvalue weighted by Crippen LogP contribution is 2.33. The molecule has 2 fully saturated rings. The van der Waals surface area contributed by atoms with E-state index in [9.17, 15) is 0 Å². The lowest BCUT2D eigenvalue weighted by Crippen LogP contribution is -2.48. The van der Waals surface area contributed by atoms with Crippen LogP contribution in [0.4, 0.5) is 0 Å². The van der Waals surface area contributed by atoms with Crippen molar-refractivity contribution in [3.63, 3.8) is 0 Å². The first kappa shape index (κ1) is 15.2. The summed E-state index contributed by atoms with van der Waals surface area (Å²) in [7, 11) is 0. The Balaban J connectivity index is 1.56. The molecule has 2 unspecified atom stereocenters. The van der Waals surface area contributed by atoms with Crippen molar-refractivity contribution in [1.29, 1.82) is 0 Å². The molecular formula is C14H26O5. The lowest BCUT2D eigenvalue weighted by Gasteiger charge is -2.41. The number of rotatable bonds is 10. The first-order chi connectivity index (χ1) is 9.24. The van der Waals surface area contributed by atoms with Gasteiger partial charge in [0.1, 0.15) is 13.2 Å². The van der Waals surface area contributed by atoms with Gasteiger partial charge in [-0.25, -0.2) is 9.78 Å². The van der Waals surface area contributed by atoms with Crippen LogP contribution in [0, 0.1) is 0 Å². The Morgan fingerprint density at radius 2 is 1.26 bits per heavy atom. The van der Waals surface area contributed by atoms with Crippen molar-refractivity contribution in [2.75, 3.05) is 26.4 Å². The van der Waals surface area contributed by atoms with Crippen molar-refractivity contribution in [2.45, 2.75) is 63.6 Å². The third kappa shape index (κ3) is 3.89. The second-order valence-electron chi connectivity index (χ2n) is 5.66. The molecule has 0 spiro atoms. The standard InChI is InChI=1S/C14H26O5/c1-3-5-13(7-9-15-13)11-17-19-18-12-14(6-4-2)8-10-16-14/h3-12H2,1-2H3. The van der Waals surface area contributed by atoms with Gasteiger partial charge in [0, 0.05) is 12.8 Å². The van der Waals surface area contributed by atoms with Crippen molar-refractivity contribution in [3.8, 4) is 0 Å². The van der Waals surface area contributed by atoms with Crippen LogP contribution in [-0.2, 0) is 24.3 Å². The zero-order chi connectivity index (χ0) is 13.6. The minimum atomic E-state index is -0.147. The van der Waals surface area contributed by atoms with Crippen molar-refractivity contribution in [2.24, 2.45) is 0 Å². The maximum absolute atomic E-state index is 5.59. The first-order valence-corrected chi connectivity index (χ1v) is 7.43. The Morgan fingerprint density at radius 1 is 0.842 bits per heavy atom. The average molecular weight is 274 g/mol. The van der Waals surface area contributed by atoms with Crippen molar-refractivity contribution in [3.05, 3.63) is 0 Å². The molecule has 0 N–H and O–H groups in total. The molecule has 19 heavy (non-hydrogen) atoms. The van der Waals surface area contributed by atoms with Crippen LogP contribution in [0.5, 0.6) is 0 Å². The van der Waals surface area contributed by atoms with E-state index in [0.29, 0.717) is 13.2 Å². The molecule has 5 heteroatoms. The number of ether oxygens (including phenoxy) is 2. The Labute approximate surface area is 115 Å². The molecular weight excluding hydrogens is 248 g/mol. The smallest absolute Gasteiger partial charge is 0.114 e. The maximum atomic E-state index is 5.59. The predicted octanol–water partition coefficient (Wildman–Crippen LogP) is 2.78. The minimum Gasteiger partial charge on any atom is -0.372 e. The van der Waals surface area contributed by atoms with Gasteiger partial charge in [-0.15, -0.1) is 0 Å². The van der Waals surface area contributed by atoms with Crippen LogP contribution in [0.25, 0.3) is 0 Å². The fraction of sp³-hybridized carbons (Fsp3) is 1.00. The highest BCUT2D eigenvalue weighted by molar-refractivity contribution is 4.87. The number of hydrogen-bond donors (Lipinski definition) is 0. The summed E-state index contributed by atoms with van der Waals surface area (Å²) in [5.41, 5.74) is -0.293. The quantitative estimate of drug-likeness (QED) is 0.348. The van der Waals surface area contributed by atoms with Gasteiger partial charge in [-0.05, 0) is 12.8 Å². The Bertz CT molecular complexity index is 235. The minimum absolute atomic E-state index is 0.147. The van der Waals surface area contributed by atoms with Crippen molar-refractivity contribution >= 4 is 0 Å². The van der Waals surface area contributed by atoms with Crippen LogP contribution < -0.4 is 0 Å². The molecule has 2 heterocycles. The van der Waals surface area contributed by atoms with Gasteiger partial charge in [0.05, 0.1) is 24.4 Å². The van der Waals surface area contributed by atoms with E-state index in [1.165, 1.54) is 0 Å². The van der Waals surface area contributed by atoms with Gasteiger partial charge in [0.15, 0.2) is 0 Å². The second-order valence-corrected chi connectivity index (χ2v) is 5.66. The molecule has 0 bridgehead atoms. The average Bonchev–Trinajstić information content (AvgIpc) is 2.31. The molecule has 0 aromatic heterocycles. The number of hydrogen-bond acceptors (Lipinski definition) is 5. The largest absolute Gasteiger partial charge is 0.372 e. The summed E-state index contributed by atoms with van der Waals surface area (Å²) in [4.78, 5) is 10.3. The van der Waals surface area contributed by atoms with Gasteiger partial charge >= 0.3 is 0 Å². The van der Waals surface area contributed by atoms with Crippen LogP contribution in [0.3, 0.4) is 0 Å².